The van der Waals surface area contributed by atoms with Crippen LogP contribution in [-0.2, 0) is 17.9 Å². The molecule has 0 amide bonds. The number of aromatic amines is 1. The van der Waals surface area contributed by atoms with Crippen LogP contribution in [0.25, 0.3) is 22.3 Å². The molecule has 1 N–H and O–H groups in total. The monoisotopic (exact) mass is 477 g/mol. The average molecular weight is 478 g/mol. The molecule has 4 aromatic heterocycles. The smallest absolute Gasteiger partial charge is 0.361 e. The molecule has 0 aromatic carbocycles. The zero-order chi connectivity index (χ0) is 23.6. The third-order valence-electron chi connectivity index (χ3n) is 5.30. The molecule has 1 atom stereocenters. The van der Waals surface area contributed by atoms with Crippen molar-refractivity contribution in [3.63, 3.8) is 0 Å². The van der Waals surface area contributed by atoms with Gasteiger partial charge in [-0.05, 0) is 12.1 Å². The van der Waals surface area contributed by atoms with E-state index in [0.29, 0.717) is 30.2 Å². The van der Waals surface area contributed by atoms with Crippen molar-refractivity contribution in [2.24, 2.45) is 0 Å². The zero-order valence-corrected chi connectivity index (χ0v) is 19.7. The number of nitrogens with zero attached hydrogens (tertiary/aromatic N) is 6. The second-order valence-electron chi connectivity index (χ2n) is 9.10. The number of ether oxygens (including phenoxy) is 1. The van der Waals surface area contributed by atoms with Gasteiger partial charge in [-0.2, -0.15) is 18.3 Å². The van der Waals surface area contributed by atoms with E-state index in [0.717, 1.165) is 16.1 Å². The van der Waals surface area contributed by atoms with Gasteiger partial charge in [0.15, 0.2) is 6.04 Å². The van der Waals surface area contributed by atoms with Crippen LogP contribution in [0.1, 0.15) is 11.9 Å². The molecule has 0 bridgehead atoms. The van der Waals surface area contributed by atoms with Gasteiger partial charge < -0.3 is 14.3 Å². The Morgan fingerprint density at radius 1 is 1.18 bits per heavy atom. The van der Waals surface area contributed by atoms with E-state index < -0.39 is 20.3 Å². The zero-order valence-electron chi connectivity index (χ0n) is 18.7. The summed E-state index contributed by atoms with van der Waals surface area (Å²) in [5.74, 6) is 0.241. The van der Waals surface area contributed by atoms with E-state index in [1.807, 2.05) is 16.8 Å². The Balaban J connectivity index is 1.56. The summed E-state index contributed by atoms with van der Waals surface area (Å²) >= 11 is 0. The summed E-state index contributed by atoms with van der Waals surface area (Å²) in [7, 11) is -1.18. The van der Waals surface area contributed by atoms with Gasteiger partial charge in [0.2, 0.25) is 0 Å². The lowest BCUT2D eigenvalue weighted by Crippen LogP contribution is -2.29. The first kappa shape index (κ1) is 23.2. The van der Waals surface area contributed by atoms with Crippen LogP contribution >= 0.6 is 0 Å². The van der Waals surface area contributed by atoms with E-state index in [-0.39, 0.29) is 12.2 Å². The molecule has 0 radical (unpaired) electrons. The quantitative estimate of drug-likeness (QED) is 0.280. The fourth-order valence-corrected chi connectivity index (χ4v) is 4.22. The number of hydrogen-bond donors (Lipinski definition) is 1. The number of halogens is 3. The third-order valence-corrected chi connectivity index (χ3v) is 7.00. The fraction of sp³-hybridized carbons (Fsp3) is 0.429. The normalized spacial score (nSPS) is 13.6. The van der Waals surface area contributed by atoms with E-state index in [2.05, 4.69) is 44.7 Å². The number of nitrogens with one attached hydrogen (secondary N) is 1. The van der Waals surface area contributed by atoms with Gasteiger partial charge in [0.25, 0.3) is 0 Å². The lowest BCUT2D eigenvalue weighted by molar-refractivity contribution is -0.170. The Kier molecular flexibility index (Phi) is 6.39. The summed E-state index contributed by atoms with van der Waals surface area (Å²) in [6, 6.07) is 1.05. The third kappa shape index (κ3) is 5.50. The summed E-state index contributed by atoms with van der Waals surface area (Å²) in [4.78, 5) is 15.3. The Labute approximate surface area is 189 Å². The van der Waals surface area contributed by atoms with Crippen LogP contribution in [0.4, 0.5) is 13.2 Å². The largest absolute Gasteiger partial charge is 0.411 e. The van der Waals surface area contributed by atoms with Crippen LogP contribution in [0.3, 0.4) is 0 Å². The Hall–Kier alpha value is -2.99. The standard InChI is InChI=1S/C21H26F3N7OSi/c1-33(2,3)9-8-32-14-30-7-4-16-19(27-13-28-20(16)30)15-11-29-31(12-15)17(21(22,23)24)10-18-25-5-6-26-18/h4-7,11-13,17H,8-10,14H2,1-3H3,(H,25,26). The van der Waals surface area contributed by atoms with E-state index in [9.17, 15) is 13.2 Å². The van der Waals surface area contributed by atoms with Crippen molar-refractivity contribution < 1.29 is 17.9 Å². The van der Waals surface area contributed by atoms with Crippen molar-refractivity contribution in [3.8, 4) is 11.3 Å². The van der Waals surface area contributed by atoms with Gasteiger partial charge in [-0.15, -0.1) is 0 Å². The average Bonchev–Trinajstić information content (AvgIpc) is 3.48. The van der Waals surface area contributed by atoms with Crippen LogP contribution in [0.2, 0.25) is 25.7 Å². The first-order valence-electron chi connectivity index (χ1n) is 10.6. The number of aromatic nitrogens is 7. The predicted octanol–water partition coefficient (Wildman–Crippen LogP) is 4.68. The molecule has 0 saturated heterocycles. The van der Waals surface area contributed by atoms with Crippen LogP contribution in [0.5, 0.6) is 0 Å². The van der Waals surface area contributed by atoms with Crippen molar-refractivity contribution in [3.05, 3.63) is 49.2 Å². The highest BCUT2D eigenvalue weighted by Gasteiger charge is 2.42. The molecule has 4 heterocycles. The summed E-state index contributed by atoms with van der Waals surface area (Å²) in [6.07, 6.45) is 4.09. The molecule has 176 valence electrons. The molecule has 0 aliphatic heterocycles. The maximum atomic E-state index is 13.7. The van der Waals surface area contributed by atoms with Crippen LogP contribution in [0, 0.1) is 0 Å². The van der Waals surface area contributed by atoms with Gasteiger partial charge >= 0.3 is 6.18 Å². The number of H-pyrrole nitrogens is 1. The molecule has 4 rings (SSSR count). The van der Waals surface area contributed by atoms with Gasteiger partial charge in [-0.25, -0.2) is 15.0 Å². The van der Waals surface area contributed by atoms with Gasteiger partial charge in [-0.3, -0.25) is 4.68 Å². The fourth-order valence-electron chi connectivity index (χ4n) is 3.46. The maximum Gasteiger partial charge on any atom is 0.411 e. The maximum absolute atomic E-state index is 13.7. The molecule has 4 aromatic rings. The van der Waals surface area contributed by atoms with Crippen molar-refractivity contribution in [2.45, 2.75) is 51.1 Å². The number of alkyl halides is 3. The summed E-state index contributed by atoms with van der Waals surface area (Å²) in [5.41, 5.74) is 1.66. The summed E-state index contributed by atoms with van der Waals surface area (Å²) in [6.45, 7) is 7.90. The van der Waals surface area contributed by atoms with Crippen LogP contribution in [-0.4, -0.2) is 55.1 Å². The second kappa shape index (κ2) is 9.10. The molecule has 0 spiro atoms. The minimum atomic E-state index is -4.49. The molecule has 8 nitrogen and oxygen atoms in total. The number of imidazole rings is 1. The molecule has 0 aliphatic carbocycles. The molecule has 12 heteroatoms. The van der Waals surface area contributed by atoms with Crippen molar-refractivity contribution >= 4 is 19.1 Å². The second-order valence-corrected chi connectivity index (χ2v) is 14.7. The lowest BCUT2D eigenvalue weighted by atomic mass is 10.1. The molecular formula is C21H26F3N7OSi. The Bertz CT molecular complexity index is 1190. The highest BCUT2D eigenvalue weighted by molar-refractivity contribution is 6.76. The van der Waals surface area contributed by atoms with Crippen molar-refractivity contribution in [1.29, 1.82) is 0 Å². The molecule has 0 fully saturated rings. The summed E-state index contributed by atoms with van der Waals surface area (Å²) in [5, 5.41) is 4.73. The van der Waals surface area contributed by atoms with E-state index in [4.69, 9.17) is 4.74 Å². The molecule has 0 aliphatic rings. The highest BCUT2D eigenvalue weighted by Crippen LogP contribution is 2.34. The van der Waals surface area contributed by atoms with Gasteiger partial charge in [-0.1, -0.05) is 19.6 Å². The highest BCUT2D eigenvalue weighted by atomic mass is 28.3. The topological polar surface area (TPSA) is 86.4 Å². The van der Waals surface area contributed by atoms with E-state index >= 15 is 0 Å². The van der Waals surface area contributed by atoms with Crippen LogP contribution in [0.15, 0.2) is 43.4 Å². The van der Waals surface area contributed by atoms with E-state index in [1.165, 1.54) is 31.1 Å². The first-order valence-corrected chi connectivity index (χ1v) is 14.3. The van der Waals surface area contributed by atoms with Crippen molar-refractivity contribution in [2.75, 3.05) is 6.61 Å². The van der Waals surface area contributed by atoms with Crippen LogP contribution < -0.4 is 0 Å². The van der Waals surface area contributed by atoms with Crippen molar-refractivity contribution in [1.82, 2.24) is 34.3 Å². The minimum Gasteiger partial charge on any atom is -0.361 e. The molecular weight excluding hydrogens is 451 g/mol. The Morgan fingerprint density at radius 3 is 2.70 bits per heavy atom. The van der Waals surface area contributed by atoms with Gasteiger partial charge in [0.05, 0.1) is 11.9 Å². The first-order chi connectivity index (χ1) is 15.6. The van der Waals surface area contributed by atoms with Gasteiger partial charge in [0.1, 0.15) is 24.5 Å². The number of hydrogen-bond acceptors (Lipinski definition) is 5. The SMILES string of the molecule is C[Si](C)(C)CCOCn1ccc2c(-c3cnn(C(Cc4ncc[nH]4)C(F)(F)F)c3)ncnc21. The minimum absolute atomic E-state index is 0.241. The number of rotatable bonds is 9. The Morgan fingerprint density at radius 2 is 2.00 bits per heavy atom. The molecule has 1 unspecified atom stereocenters. The number of fused-ring (bicyclic) bond motifs is 1. The lowest BCUT2D eigenvalue weighted by Gasteiger charge is -2.19. The summed E-state index contributed by atoms with van der Waals surface area (Å²) < 4.78 is 49.8. The molecule has 33 heavy (non-hydrogen) atoms. The van der Waals surface area contributed by atoms with E-state index in [1.54, 1.807) is 0 Å². The molecule has 0 saturated carbocycles. The van der Waals surface area contributed by atoms with Gasteiger partial charge in [0, 0.05) is 56.8 Å². The predicted molar refractivity (Wildman–Crippen MR) is 120 cm³/mol.